The Morgan fingerprint density at radius 3 is 2.27 bits per heavy atom. The fraction of sp³-hybridized carbons (Fsp3) is 0.292. The smallest absolute Gasteiger partial charge is 0.228 e. The lowest BCUT2D eigenvalue weighted by atomic mass is 10.1. The van der Waals surface area contributed by atoms with Crippen molar-refractivity contribution in [1.82, 2.24) is 24.6 Å². The lowest BCUT2D eigenvalue weighted by Crippen LogP contribution is -2.49. The van der Waals surface area contributed by atoms with Crippen LogP contribution in [-0.4, -0.2) is 56.9 Å². The third kappa shape index (κ3) is 4.00. The van der Waals surface area contributed by atoms with Gasteiger partial charge in [-0.15, -0.1) is 5.10 Å². The maximum atomic E-state index is 14.1. The van der Waals surface area contributed by atoms with Crippen LogP contribution in [0.15, 0.2) is 48.5 Å². The standard InChI is InChI=1S/C24H25F2N7/c1-15(2)31-9-11-32(12-10-31)24-28-21(16-5-3-6-17(25)13-16)20-22(27)33(30-23(20)29-24)19-8-4-7-18(26)14-19/h3-8,13-15H,9-12,27H2,1-2H3. The van der Waals surface area contributed by atoms with Crippen LogP contribution in [0.3, 0.4) is 0 Å². The number of rotatable bonds is 4. The number of anilines is 2. The summed E-state index contributed by atoms with van der Waals surface area (Å²) in [4.78, 5) is 14.0. The van der Waals surface area contributed by atoms with E-state index >= 15 is 0 Å². The number of fused-ring (bicyclic) bond motifs is 1. The number of benzene rings is 2. The van der Waals surface area contributed by atoms with Gasteiger partial charge in [-0.2, -0.15) is 4.98 Å². The Bertz CT molecular complexity index is 1310. The minimum atomic E-state index is -0.397. The highest BCUT2D eigenvalue weighted by Crippen LogP contribution is 2.34. The highest BCUT2D eigenvalue weighted by molar-refractivity contribution is 5.99. The van der Waals surface area contributed by atoms with Crippen LogP contribution in [0, 0.1) is 11.6 Å². The fourth-order valence-corrected chi connectivity index (χ4v) is 4.23. The van der Waals surface area contributed by atoms with Gasteiger partial charge in [0.1, 0.15) is 17.5 Å². The summed E-state index contributed by atoms with van der Waals surface area (Å²) in [7, 11) is 0. The van der Waals surface area contributed by atoms with E-state index in [2.05, 4.69) is 28.7 Å². The molecule has 4 aromatic rings. The maximum absolute atomic E-state index is 14.1. The molecule has 0 aliphatic carbocycles. The summed E-state index contributed by atoms with van der Waals surface area (Å²) in [6, 6.07) is 12.7. The quantitative estimate of drug-likeness (QED) is 0.510. The van der Waals surface area contributed by atoms with Crippen LogP contribution in [0.4, 0.5) is 20.5 Å². The van der Waals surface area contributed by atoms with Crippen molar-refractivity contribution in [2.75, 3.05) is 36.8 Å². The molecule has 7 nitrogen and oxygen atoms in total. The van der Waals surface area contributed by atoms with Crippen molar-refractivity contribution >= 4 is 22.8 Å². The Hall–Kier alpha value is -3.59. The SMILES string of the molecule is CC(C)N1CCN(c2nc(-c3cccc(F)c3)c3c(N)n(-c4cccc(F)c4)nc3n2)CC1. The zero-order valence-electron chi connectivity index (χ0n) is 18.5. The minimum absolute atomic E-state index is 0.269. The molecule has 170 valence electrons. The first-order chi connectivity index (χ1) is 15.9. The molecule has 2 aromatic carbocycles. The van der Waals surface area contributed by atoms with Gasteiger partial charge in [-0.25, -0.2) is 18.4 Å². The molecule has 0 saturated carbocycles. The summed E-state index contributed by atoms with van der Waals surface area (Å²) in [6.07, 6.45) is 0. The molecule has 33 heavy (non-hydrogen) atoms. The average Bonchev–Trinajstić information content (AvgIpc) is 3.15. The summed E-state index contributed by atoms with van der Waals surface area (Å²) in [5.74, 6) is 0.0224. The van der Waals surface area contributed by atoms with Crippen LogP contribution in [0.2, 0.25) is 0 Å². The van der Waals surface area contributed by atoms with E-state index in [1.165, 1.54) is 28.9 Å². The van der Waals surface area contributed by atoms with Gasteiger partial charge in [0.05, 0.1) is 16.8 Å². The van der Waals surface area contributed by atoms with Crippen LogP contribution < -0.4 is 10.6 Å². The van der Waals surface area contributed by atoms with Gasteiger partial charge in [-0.3, -0.25) is 4.90 Å². The van der Waals surface area contributed by atoms with E-state index < -0.39 is 5.82 Å². The van der Waals surface area contributed by atoms with Gasteiger partial charge in [-0.05, 0) is 44.2 Å². The van der Waals surface area contributed by atoms with Crippen LogP contribution in [0.5, 0.6) is 0 Å². The number of piperazine rings is 1. The van der Waals surface area contributed by atoms with Gasteiger partial charge >= 0.3 is 0 Å². The summed E-state index contributed by atoms with van der Waals surface area (Å²) < 4.78 is 29.4. The van der Waals surface area contributed by atoms with E-state index in [-0.39, 0.29) is 11.6 Å². The third-order valence-corrected chi connectivity index (χ3v) is 6.04. The molecule has 1 saturated heterocycles. The fourth-order valence-electron chi connectivity index (χ4n) is 4.23. The van der Waals surface area contributed by atoms with Gasteiger partial charge < -0.3 is 10.6 Å². The van der Waals surface area contributed by atoms with E-state index in [0.717, 1.165) is 26.2 Å². The normalized spacial score (nSPS) is 15.0. The second-order valence-electron chi connectivity index (χ2n) is 8.47. The average molecular weight is 450 g/mol. The number of halogens is 2. The summed E-state index contributed by atoms with van der Waals surface area (Å²) in [5.41, 5.74) is 8.40. The topological polar surface area (TPSA) is 76.1 Å². The first-order valence-electron chi connectivity index (χ1n) is 11.0. The molecule has 5 rings (SSSR count). The van der Waals surface area contributed by atoms with Crippen molar-refractivity contribution in [2.24, 2.45) is 0 Å². The maximum Gasteiger partial charge on any atom is 0.228 e. The first kappa shape index (κ1) is 21.3. The number of hydrogen-bond acceptors (Lipinski definition) is 6. The molecule has 1 fully saturated rings. The molecule has 3 heterocycles. The van der Waals surface area contributed by atoms with E-state index in [1.54, 1.807) is 24.3 Å². The molecule has 1 aliphatic rings. The zero-order chi connectivity index (χ0) is 23.1. The number of hydrogen-bond donors (Lipinski definition) is 1. The number of nitrogens with zero attached hydrogens (tertiary/aromatic N) is 6. The monoisotopic (exact) mass is 449 g/mol. The molecular formula is C24H25F2N7. The highest BCUT2D eigenvalue weighted by atomic mass is 19.1. The van der Waals surface area contributed by atoms with Gasteiger partial charge in [0, 0.05) is 37.8 Å². The number of nitrogen functional groups attached to an aromatic ring is 1. The van der Waals surface area contributed by atoms with Crippen molar-refractivity contribution in [3.8, 4) is 16.9 Å². The Morgan fingerprint density at radius 2 is 1.61 bits per heavy atom. The van der Waals surface area contributed by atoms with Crippen molar-refractivity contribution in [3.05, 3.63) is 60.2 Å². The minimum Gasteiger partial charge on any atom is -0.383 e. The highest BCUT2D eigenvalue weighted by Gasteiger charge is 2.25. The Morgan fingerprint density at radius 1 is 0.909 bits per heavy atom. The van der Waals surface area contributed by atoms with E-state index in [9.17, 15) is 8.78 Å². The molecule has 0 radical (unpaired) electrons. The summed E-state index contributed by atoms with van der Waals surface area (Å²) in [5, 5.41) is 5.08. The van der Waals surface area contributed by atoms with Gasteiger partial charge in [0.15, 0.2) is 5.65 Å². The molecule has 0 bridgehead atoms. The lowest BCUT2D eigenvalue weighted by Gasteiger charge is -2.36. The van der Waals surface area contributed by atoms with Crippen molar-refractivity contribution in [1.29, 1.82) is 0 Å². The van der Waals surface area contributed by atoms with Crippen LogP contribution in [-0.2, 0) is 0 Å². The van der Waals surface area contributed by atoms with Crippen LogP contribution in [0.25, 0.3) is 28.0 Å². The largest absolute Gasteiger partial charge is 0.383 e. The second-order valence-corrected chi connectivity index (χ2v) is 8.47. The molecule has 2 aromatic heterocycles. The Kier molecular flexibility index (Phi) is 5.41. The van der Waals surface area contributed by atoms with E-state index in [4.69, 9.17) is 15.7 Å². The molecule has 0 spiro atoms. The Balaban J connectivity index is 1.66. The number of nitrogens with two attached hydrogens (primary N) is 1. The van der Waals surface area contributed by atoms with Crippen LogP contribution in [0.1, 0.15) is 13.8 Å². The third-order valence-electron chi connectivity index (χ3n) is 6.04. The van der Waals surface area contributed by atoms with Crippen LogP contribution >= 0.6 is 0 Å². The van der Waals surface area contributed by atoms with Gasteiger partial charge in [0.2, 0.25) is 5.95 Å². The van der Waals surface area contributed by atoms with E-state index in [1.807, 2.05) is 0 Å². The Labute approximate surface area is 190 Å². The van der Waals surface area contributed by atoms with Gasteiger partial charge in [-0.1, -0.05) is 18.2 Å². The lowest BCUT2D eigenvalue weighted by molar-refractivity contribution is 0.208. The molecular weight excluding hydrogens is 424 g/mol. The van der Waals surface area contributed by atoms with Gasteiger partial charge in [0.25, 0.3) is 0 Å². The summed E-state index contributed by atoms with van der Waals surface area (Å²) >= 11 is 0. The van der Waals surface area contributed by atoms with Crippen molar-refractivity contribution < 1.29 is 8.78 Å². The van der Waals surface area contributed by atoms with E-state index in [0.29, 0.717) is 40.0 Å². The molecule has 2 N–H and O–H groups in total. The predicted octanol–water partition coefficient (Wildman–Crippen LogP) is 3.87. The van der Waals surface area contributed by atoms with Crippen molar-refractivity contribution in [3.63, 3.8) is 0 Å². The second kappa shape index (κ2) is 8.40. The van der Waals surface area contributed by atoms with Crippen molar-refractivity contribution in [2.45, 2.75) is 19.9 Å². The number of aromatic nitrogens is 4. The molecule has 1 aliphatic heterocycles. The molecule has 0 amide bonds. The molecule has 0 atom stereocenters. The predicted molar refractivity (Wildman–Crippen MR) is 125 cm³/mol. The molecule has 0 unspecified atom stereocenters. The zero-order valence-corrected chi connectivity index (χ0v) is 18.5. The molecule has 9 heteroatoms. The summed E-state index contributed by atoms with van der Waals surface area (Å²) in [6.45, 7) is 7.70. The first-order valence-corrected chi connectivity index (χ1v) is 11.0.